The normalized spacial score (nSPS) is 15.4. The highest BCUT2D eigenvalue weighted by molar-refractivity contribution is 5.85. The van der Waals surface area contributed by atoms with Crippen molar-refractivity contribution >= 4 is 18.2 Å². The fraction of sp³-hybridized carbons (Fsp3) is 0.150. The van der Waals surface area contributed by atoms with E-state index >= 15 is 0 Å². The van der Waals surface area contributed by atoms with Gasteiger partial charge in [0.2, 0.25) is 0 Å². The topological polar surface area (TPSA) is 71.2 Å². The van der Waals surface area contributed by atoms with Crippen LogP contribution in [-0.4, -0.2) is 10.1 Å². The number of nitrogens with zero attached hydrogens (tertiary/aromatic N) is 1. The first kappa shape index (κ1) is 17.3. The molecule has 0 fully saturated rings. The molecule has 0 amide bonds. The molecule has 128 valence electrons. The number of phenols is 1. The highest BCUT2D eigenvalue weighted by atomic mass is 35.5. The van der Waals surface area contributed by atoms with Crippen molar-refractivity contribution in [3.8, 4) is 17.0 Å². The van der Waals surface area contributed by atoms with E-state index in [0.717, 1.165) is 18.5 Å². The molecule has 0 spiro atoms. The molecule has 4 rings (SSSR count). The van der Waals surface area contributed by atoms with Crippen molar-refractivity contribution in [3.63, 3.8) is 0 Å². The number of hydrogen-bond acceptors (Lipinski definition) is 4. The van der Waals surface area contributed by atoms with Gasteiger partial charge in [0, 0.05) is 23.7 Å². The molecule has 0 unspecified atom stereocenters. The summed E-state index contributed by atoms with van der Waals surface area (Å²) in [5, 5.41) is 13.6. The predicted molar refractivity (Wildman–Crippen MR) is 103 cm³/mol. The zero-order valence-electron chi connectivity index (χ0n) is 13.6. The Hall–Kier alpha value is -2.56. The van der Waals surface area contributed by atoms with E-state index in [1.807, 2.05) is 24.3 Å². The van der Waals surface area contributed by atoms with Crippen LogP contribution in [0.15, 0.2) is 60.7 Å². The summed E-state index contributed by atoms with van der Waals surface area (Å²) in [6, 6.07) is 19.9. The molecular formula is C20H20ClN3O. The Balaban J connectivity index is 0.00000182. The summed E-state index contributed by atoms with van der Waals surface area (Å²) in [4.78, 5) is 4.50. The van der Waals surface area contributed by atoms with Crippen LogP contribution in [0.3, 0.4) is 0 Å². The van der Waals surface area contributed by atoms with Gasteiger partial charge in [-0.3, -0.25) is 0 Å². The van der Waals surface area contributed by atoms with E-state index in [2.05, 4.69) is 34.6 Å². The zero-order valence-corrected chi connectivity index (χ0v) is 14.5. The summed E-state index contributed by atoms with van der Waals surface area (Å²) in [5.74, 6) is 0.753. The number of hydrogen-bond donors (Lipinski definition) is 3. The molecule has 2 heterocycles. The first-order valence-corrected chi connectivity index (χ1v) is 8.07. The van der Waals surface area contributed by atoms with Crippen LogP contribution in [0.4, 0.5) is 5.82 Å². The van der Waals surface area contributed by atoms with Gasteiger partial charge in [-0.1, -0.05) is 42.5 Å². The number of benzene rings is 2. The van der Waals surface area contributed by atoms with Gasteiger partial charge < -0.3 is 16.2 Å². The third-order valence-corrected chi connectivity index (χ3v) is 4.55. The van der Waals surface area contributed by atoms with Gasteiger partial charge in [0.15, 0.2) is 0 Å². The Morgan fingerprint density at radius 2 is 1.80 bits per heavy atom. The predicted octanol–water partition coefficient (Wildman–Crippen LogP) is 3.85. The van der Waals surface area contributed by atoms with Gasteiger partial charge >= 0.3 is 0 Å². The fourth-order valence-electron chi connectivity index (χ4n) is 3.31. The number of aromatic nitrogens is 1. The smallest absolute Gasteiger partial charge is 0.128 e. The number of nitrogens with two attached hydrogens (primary N) is 1. The molecule has 1 aromatic heterocycles. The molecule has 0 saturated heterocycles. The van der Waals surface area contributed by atoms with Crippen molar-refractivity contribution in [2.45, 2.75) is 19.0 Å². The van der Waals surface area contributed by atoms with Crippen LogP contribution in [0, 0.1) is 0 Å². The average Bonchev–Trinajstić information content (AvgIpc) is 3.00. The van der Waals surface area contributed by atoms with Crippen LogP contribution in [0.1, 0.15) is 22.7 Å². The highest BCUT2D eigenvalue weighted by Gasteiger charge is 2.26. The zero-order chi connectivity index (χ0) is 16.5. The Labute approximate surface area is 153 Å². The second kappa shape index (κ2) is 7.13. The Bertz CT molecular complexity index is 883. The van der Waals surface area contributed by atoms with Crippen molar-refractivity contribution in [2.24, 2.45) is 0 Å². The van der Waals surface area contributed by atoms with Gasteiger partial charge in [0.25, 0.3) is 0 Å². The number of pyridine rings is 1. The Kier molecular flexibility index (Phi) is 4.93. The lowest BCUT2D eigenvalue weighted by Gasteiger charge is -2.14. The molecule has 25 heavy (non-hydrogen) atoms. The van der Waals surface area contributed by atoms with Crippen LogP contribution >= 0.6 is 12.4 Å². The molecule has 3 aromatic rings. The lowest BCUT2D eigenvalue weighted by Crippen LogP contribution is -2.14. The maximum Gasteiger partial charge on any atom is 0.128 e. The third kappa shape index (κ3) is 3.31. The summed E-state index contributed by atoms with van der Waals surface area (Å²) in [6.45, 7) is 0.729. The third-order valence-electron chi connectivity index (χ3n) is 4.55. The molecule has 1 atom stereocenters. The molecule has 0 saturated carbocycles. The van der Waals surface area contributed by atoms with Gasteiger partial charge in [-0.15, -0.1) is 12.4 Å². The van der Waals surface area contributed by atoms with E-state index in [-0.39, 0.29) is 24.2 Å². The number of nitrogen functional groups attached to an aromatic ring is 1. The molecular weight excluding hydrogens is 334 g/mol. The summed E-state index contributed by atoms with van der Waals surface area (Å²) in [7, 11) is 0. The molecule has 2 aromatic carbocycles. The second-order valence-corrected chi connectivity index (χ2v) is 6.10. The number of rotatable bonds is 3. The maximum atomic E-state index is 10.1. The van der Waals surface area contributed by atoms with Crippen molar-refractivity contribution in [1.82, 2.24) is 10.3 Å². The quantitative estimate of drug-likeness (QED) is 0.669. The van der Waals surface area contributed by atoms with Gasteiger partial charge in [0.05, 0.1) is 5.69 Å². The molecule has 5 heteroatoms. The molecule has 0 bridgehead atoms. The SMILES string of the molecule is Cl.Nc1nc(-c2ccccc2O)cc2c1CN[C@@H]2Cc1ccccc1. The van der Waals surface area contributed by atoms with E-state index in [4.69, 9.17) is 5.73 Å². The molecule has 1 aliphatic rings. The standard InChI is InChI=1S/C20H19N3O.ClH/c21-20-16-12-22-17(10-13-6-2-1-3-7-13)15(16)11-18(23-20)14-8-4-5-9-19(14)24;/h1-9,11,17,22,24H,10,12H2,(H2,21,23);1H/t17-;/m1./s1. The molecule has 4 N–H and O–H groups in total. The summed E-state index contributed by atoms with van der Waals surface area (Å²) >= 11 is 0. The highest BCUT2D eigenvalue weighted by Crippen LogP contribution is 2.36. The van der Waals surface area contributed by atoms with E-state index < -0.39 is 0 Å². The number of para-hydroxylation sites is 1. The van der Waals surface area contributed by atoms with Crippen molar-refractivity contribution in [1.29, 1.82) is 0 Å². The van der Waals surface area contributed by atoms with Crippen LogP contribution < -0.4 is 11.1 Å². The summed E-state index contributed by atoms with van der Waals surface area (Å²) in [6.07, 6.45) is 0.900. The molecule has 1 aliphatic heterocycles. The Morgan fingerprint density at radius 3 is 2.56 bits per heavy atom. The Morgan fingerprint density at radius 1 is 1.08 bits per heavy atom. The maximum absolute atomic E-state index is 10.1. The molecule has 4 nitrogen and oxygen atoms in total. The minimum atomic E-state index is 0. The van der Waals surface area contributed by atoms with Crippen molar-refractivity contribution in [2.75, 3.05) is 5.73 Å². The fourth-order valence-corrected chi connectivity index (χ4v) is 3.31. The van der Waals surface area contributed by atoms with Crippen molar-refractivity contribution < 1.29 is 5.11 Å². The molecule has 0 radical (unpaired) electrons. The minimum absolute atomic E-state index is 0. The summed E-state index contributed by atoms with van der Waals surface area (Å²) in [5.41, 5.74) is 11.1. The summed E-state index contributed by atoms with van der Waals surface area (Å²) < 4.78 is 0. The lowest BCUT2D eigenvalue weighted by molar-refractivity contribution is 0.477. The van der Waals surface area contributed by atoms with Crippen LogP contribution in [-0.2, 0) is 13.0 Å². The number of fused-ring (bicyclic) bond motifs is 1. The van der Waals surface area contributed by atoms with Crippen LogP contribution in [0.25, 0.3) is 11.3 Å². The monoisotopic (exact) mass is 353 g/mol. The largest absolute Gasteiger partial charge is 0.507 e. The van der Waals surface area contributed by atoms with Gasteiger partial charge in [-0.2, -0.15) is 0 Å². The lowest BCUT2D eigenvalue weighted by atomic mass is 9.97. The van der Waals surface area contributed by atoms with Crippen LogP contribution in [0.2, 0.25) is 0 Å². The number of phenolic OH excluding ortho intramolecular Hbond substituents is 1. The van der Waals surface area contributed by atoms with E-state index in [9.17, 15) is 5.11 Å². The van der Waals surface area contributed by atoms with E-state index in [1.165, 1.54) is 11.1 Å². The first-order valence-electron chi connectivity index (χ1n) is 8.07. The van der Waals surface area contributed by atoms with E-state index in [0.29, 0.717) is 17.1 Å². The number of aromatic hydroxyl groups is 1. The van der Waals surface area contributed by atoms with Gasteiger partial charge in [0.1, 0.15) is 11.6 Å². The molecule has 0 aliphatic carbocycles. The number of nitrogens with one attached hydrogen (secondary N) is 1. The van der Waals surface area contributed by atoms with Gasteiger partial charge in [-0.05, 0) is 35.7 Å². The van der Waals surface area contributed by atoms with E-state index in [1.54, 1.807) is 12.1 Å². The second-order valence-electron chi connectivity index (χ2n) is 6.10. The number of halogens is 1. The van der Waals surface area contributed by atoms with Gasteiger partial charge in [-0.25, -0.2) is 4.98 Å². The minimum Gasteiger partial charge on any atom is -0.507 e. The van der Waals surface area contributed by atoms with Crippen LogP contribution in [0.5, 0.6) is 5.75 Å². The number of anilines is 1. The first-order chi connectivity index (χ1) is 11.7. The average molecular weight is 354 g/mol. The van der Waals surface area contributed by atoms with Crippen molar-refractivity contribution in [3.05, 3.63) is 77.4 Å².